The maximum Gasteiger partial charge on any atom is 0.307 e. The molecule has 0 unspecified atom stereocenters. The van der Waals surface area contributed by atoms with Gasteiger partial charge in [-0.05, 0) is 23.3 Å². The molecule has 0 aliphatic rings. The molecule has 18 heavy (non-hydrogen) atoms. The normalized spacial score (nSPS) is 10.3. The molecule has 0 fully saturated rings. The molecule has 92 valence electrons. The Kier molecular flexibility index (Phi) is 3.28. The minimum atomic E-state index is -0.971. The van der Waals surface area contributed by atoms with Gasteiger partial charge in [0.1, 0.15) is 11.6 Å². The second-order valence-electron chi connectivity index (χ2n) is 3.89. The van der Waals surface area contributed by atoms with E-state index < -0.39 is 11.8 Å². The third-order valence-electron chi connectivity index (χ3n) is 2.60. The van der Waals surface area contributed by atoms with Crippen LogP contribution in [0.2, 0.25) is 0 Å². The molecule has 3 nitrogen and oxygen atoms in total. The van der Waals surface area contributed by atoms with E-state index in [1.54, 1.807) is 24.3 Å². The number of aliphatic carboxylic acids is 1. The number of benzene rings is 2. The average Bonchev–Trinajstić information content (AvgIpc) is 2.30. The van der Waals surface area contributed by atoms with Crippen molar-refractivity contribution in [2.75, 3.05) is 0 Å². The van der Waals surface area contributed by atoms with Crippen LogP contribution in [0.15, 0.2) is 42.5 Å². The number of carbonyl (C=O) groups is 1. The van der Waals surface area contributed by atoms with Crippen molar-refractivity contribution < 1.29 is 19.4 Å². The van der Waals surface area contributed by atoms with Crippen LogP contribution in [-0.2, 0) is 11.2 Å². The molecule has 0 bridgehead atoms. The zero-order chi connectivity index (χ0) is 13.1. The first-order valence-electron chi connectivity index (χ1n) is 5.36. The number of phenols is 1. The van der Waals surface area contributed by atoms with E-state index in [1.165, 1.54) is 12.1 Å². The molecule has 0 saturated carbocycles. The van der Waals surface area contributed by atoms with Crippen molar-refractivity contribution in [3.63, 3.8) is 0 Å². The quantitative estimate of drug-likeness (QED) is 0.875. The number of phenolic OH excluding ortho intramolecular Hbond substituents is 1. The fourth-order valence-corrected chi connectivity index (χ4v) is 1.82. The van der Waals surface area contributed by atoms with E-state index in [0.29, 0.717) is 11.1 Å². The molecule has 2 rings (SSSR count). The van der Waals surface area contributed by atoms with Gasteiger partial charge in [-0.25, -0.2) is 4.39 Å². The summed E-state index contributed by atoms with van der Waals surface area (Å²) in [5.74, 6) is -1.71. The molecule has 0 spiro atoms. The van der Waals surface area contributed by atoms with Crippen LogP contribution < -0.4 is 0 Å². The summed E-state index contributed by atoms with van der Waals surface area (Å²) in [5.41, 5.74) is 1.34. The summed E-state index contributed by atoms with van der Waals surface area (Å²) in [4.78, 5) is 10.8. The maximum atomic E-state index is 13.7. The van der Waals surface area contributed by atoms with Gasteiger partial charge in [0.05, 0.1) is 6.42 Å². The molecule has 0 aliphatic heterocycles. The average molecular weight is 246 g/mol. The molecule has 0 aromatic heterocycles. The first-order valence-corrected chi connectivity index (χ1v) is 5.36. The standard InChI is InChI=1S/C14H11FO3/c15-13-8-10(16)5-6-12(13)11-4-2-1-3-9(11)7-14(17)18/h1-6,8,16H,7H2,(H,17,18). The molecule has 4 heteroatoms. The van der Waals surface area contributed by atoms with E-state index >= 15 is 0 Å². The van der Waals surface area contributed by atoms with E-state index in [-0.39, 0.29) is 17.7 Å². The van der Waals surface area contributed by atoms with Gasteiger partial charge in [-0.3, -0.25) is 4.79 Å². The highest BCUT2D eigenvalue weighted by molar-refractivity contribution is 5.77. The fraction of sp³-hybridized carbons (Fsp3) is 0.0714. The van der Waals surface area contributed by atoms with Gasteiger partial charge in [0, 0.05) is 11.6 Å². The van der Waals surface area contributed by atoms with Crippen molar-refractivity contribution in [1.82, 2.24) is 0 Å². The van der Waals surface area contributed by atoms with Gasteiger partial charge in [-0.2, -0.15) is 0 Å². The summed E-state index contributed by atoms with van der Waals surface area (Å²) in [6, 6.07) is 10.5. The third kappa shape index (κ3) is 2.48. The minimum absolute atomic E-state index is 0.160. The highest BCUT2D eigenvalue weighted by Crippen LogP contribution is 2.28. The SMILES string of the molecule is O=C(O)Cc1ccccc1-c1ccc(O)cc1F. The lowest BCUT2D eigenvalue weighted by atomic mass is 9.97. The van der Waals surface area contributed by atoms with Crippen LogP contribution >= 0.6 is 0 Å². The summed E-state index contributed by atoms with van der Waals surface area (Å²) in [5, 5.41) is 18.0. The second-order valence-corrected chi connectivity index (χ2v) is 3.89. The van der Waals surface area contributed by atoms with E-state index in [9.17, 15) is 9.18 Å². The topological polar surface area (TPSA) is 57.5 Å². The Labute approximate surface area is 103 Å². The minimum Gasteiger partial charge on any atom is -0.508 e. The van der Waals surface area contributed by atoms with Gasteiger partial charge in [-0.15, -0.1) is 0 Å². The fourth-order valence-electron chi connectivity index (χ4n) is 1.82. The number of carboxylic acids is 1. The van der Waals surface area contributed by atoms with Crippen LogP contribution in [0, 0.1) is 5.82 Å². The molecule has 0 radical (unpaired) electrons. The van der Waals surface area contributed by atoms with Gasteiger partial charge in [0.2, 0.25) is 0 Å². The monoisotopic (exact) mass is 246 g/mol. The van der Waals surface area contributed by atoms with Crippen LogP contribution in [0.1, 0.15) is 5.56 Å². The lowest BCUT2D eigenvalue weighted by Gasteiger charge is -2.09. The number of aromatic hydroxyl groups is 1. The van der Waals surface area contributed by atoms with Crippen molar-refractivity contribution in [2.45, 2.75) is 6.42 Å². The number of rotatable bonds is 3. The Balaban J connectivity index is 2.53. The number of carboxylic acid groups (broad SMARTS) is 1. The second kappa shape index (κ2) is 4.87. The summed E-state index contributed by atoms with van der Waals surface area (Å²) in [7, 11) is 0. The van der Waals surface area contributed by atoms with Gasteiger partial charge < -0.3 is 10.2 Å². The largest absolute Gasteiger partial charge is 0.508 e. The van der Waals surface area contributed by atoms with Crippen LogP contribution in [-0.4, -0.2) is 16.2 Å². The Morgan fingerprint density at radius 1 is 1.11 bits per heavy atom. The smallest absolute Gasteiger partial charge is 0.307 e. The number of hydrogen-bond donors (Lipinski definition) is 2. The van der Waals surface area contributed by atoms with E-state index in [2.05, 4.69) is 0 Å². The Hall–Kier alpha value is -2.36. The van der Waals surface area contributed by atoms with Gasteiger partial charge in [0.15, 0.2) is 0 Å². The first-order chi connectivity index (χ1) is 8.58. The van der Waals surface area contributed by atoms with Crippen molar-refractivity contribution in [2.24, 2.45) is 0 Å². The van der Waals surface area contributed by atoms with Crippen molar-refractivity contribution in [3.8, 4) is 16.9 Å². The maximum absolute atomic E-state index is 13.7. The molecule has 2 aromatic rings. The summed E-state index contributed by atoms with van der Waals surface area (Å²) < 4.78 is 13.7. The van der Waals surface area contributed by atoms with E-state index in [1.807, 2.05) is 0 Å². The molecule has 0 heterocycles. The molecule has 0 atom stereocenters. The Morgan fingerprint density at radius 3 is 2.50 bits per heavy atom. The summed E-state index contributed by atoms with van der Waals surface area (Å²) in [6.45, 7) is 0. The first kappa shape index (κ1) is 12.1. The number of hydrogen-bond acceptors (Lipinski definition) is 2. The summed E-state index contributed by atoms with van der Waals surface area (Å²) in [6.07, 6.45) is -0.170. The lowest BCUT2D eigenvalue weighted by molar-refractivity contribution is -0.136. The lowest BCUT2D eigenvalue weighted by Crippen LogP contribution is -2.02. The zero-order valence-corrected chi connectivity index (χ0v) is 9.43. The van der Waals surface area contributed by atoms with Crippen molar-refractivity contribution >= 4 is 5.97 Å². The molecular weight excluding hydrogens is 235 g/mol. The van der Waals surface area contributed by atoms with E-state index in [0.717, 1.165) is 6.07 Å². The highest BCUT2D eigenvalue weighted by Gasteiger charge is 2.12. The molecule has 0 aliphatic carbocycles. The van der Waals surface area contributed by atoms with Crippen LogP contribution in [0.5, 0.6) is 5.75 Å². The molecule has 0 amide bonds. The summed E-state index contributed by atoms with van der Waals surface area (Å²) >= 11 is 0. The van der Waals surface area contributed by atoms with Crippen LogP contribution in [0.4, 0.5) is 4.39 Å². The number of halogens is 1. The predicted molar refractivity (Wildman–Crippen MR) is 64.8 cm³/mol. The van der Waals surface area contributed by atoms with Gasteiger partial charge in [-0.1, -0.05) is 24.3 Å². The van der Waals surface area contributed by atoms with Crippen molar-refractivity contribution in [3.05, 3.63) is 53.8 Å². The highest BCUT2D eigenvalue weighted by atomic mass is 19.1. The molecular formula is C14H11FO3. The Morgan fingerprint density at radius 2 is 1.83 bits per heavy atom. The molecule has 0 saturated heterocycles. The molecule has 2 aromatic carbocycles. The third-order valence-corrected chi connectivity index (χ3v) is 2.60. The zero-order valence-electron chi connectivity index (χ0n) is 9.43. The predicted octanol–water partition coefficient (Wildman–Crippen LogP) is 2.83. The van der Waals surface area contributed by atoms with Gasteiger partial charge >= 0.3 is 5.97 Å². The van der Waals surface area contributed by atoms with Crippen molar-refractivity contribution in [1.29, 1.82) is 0 Å². The van der Waals surface area contributed by atoms with E-state index in [4.69, 9.17) is 10.2 Å². The van der Waals surface area contributed by atoms with Crippen LogP contribution in [0.3, 0.4) is 0 Å². The van der Waals surface area contributed by atoms with Gasteiger partial charge in [0.25, 0.3) is 0 Å². The Bertz CT molecular complexity index is 593. The molecule has 2 N–H and O–H groups in total. The van der Waals surface area contributed by atoms with Crippen LogP contribution in [0.25, 0.3) is 11.1 Å².